The molecule has 5 rings (SSSR count). The number of carbonyl (C=O) groups excluding carboxylic acids is 3. The van der Waals surface area contributed by atoms with Gasteiger partial charge in [0.05, 0.1) is 12.1 Å². The topological polar surface area (TPSA) is 138 Å². The fourth-order valence-electron chi connectivity index (χ4n) is 4.75. The SMILES string of the molecule is [C-]#[N+]c1cc(CNC(=O)c2nc3n(c(=O)c2O)CC2CCC3(NC(=O)C(=O)N(C)C)CC2)ccc1F. The summed E-state index contributed by atoms with van der Waals surface area (Å²) in [7, 11) is 2.89. The molecule has 0 spiro atoms. The van der Waals surface area contributed by atoms with Crippen LogP contribution in [0.3, 0.4) is 0 Å². The van der Waals surface area contributed by atoms with Crippen molar-refractivity contribution < 1.29 is 23.9 Å². The molecule has 1 aromatic carbocycles. The molecule has 1 aliphatic carbocycles. The summed E-state index contributed by atoms with van der Waals surface area (Å²) >= 11 is 0. The first kappa shape index (κ1) is 24.8. The summed E-state index contributed by atoms with van der Waals surface area (Å²) in [6, 6.07) is 3.79. The van der Waals surface area contributed by atoms with Crippen LogP contribution in [0.25, 0.3) is 4.85 Å². The van der Waals surface area contributed by atoms with Gasteiger partial charge in [0.25, 0.3) is 11.5 Å². The van der Waals surface area contributed by atoms with E-state index < -0.39 is 46.1 Å². The van der Waals surface area contributed by atoms with E-state index in [0.29, 0.717) is 31.2 Å². The second-order valence-corrected chi connectivity index (χ2v) is 9.31. The maximum atomic E-state index is 13.6. The van der Waals surface area contributed by atoms with Gasteiger partial charge in [-0.25, -0.2) is 14.2 Å². The van der Waals surface area contributed by atoms with Gasteiger partial charge in [-0.15, -0.1) is 0 Å². The largest absolute Gasteiger partial charge is 0.501 e. The number of amides is 3. The van der Waals surface area contributed by atoms with Gasteiger partial charge in [-0.05, 0) is 49.3 Å². The zero-order valence-corrected chi connectivity index (χ0v) is 19.8. The molecule has 2 aromatic rings. The van der Waals surface area contributed by atoms with Gasteiger partial charge >= 0.3 is 11.8 Å². The molecule has 11 nitrogen and oxygen atoms in total. The molecule has 1 aromatic heterocycles. The Bertz CT molecular complexity index is 1350. The number of halogens is 1. The second kappa shape index (κ2) is 9.41. The highest BCUT2D eigenvalue weighted by Crippen LogP contribution is 2.43. The molecule has 1 fully saturated rings. The van der Waals surface area contributed by atoms with E-state index in [1.165, 1.54) is 30.8 Å². The van der Waals surface area contributed by atoms with Crippen LogP contribution in [0.1, 0.15) is 47.6 Å². The lowest BCUT2D eigenvalue weighted by Crippen LogP contribution is -2.53. The number of hydrogen-bond donors (Lipinski definition) is 3. The second-order valence-electron chi connectivity index (χ2n) is 9.31. The maximum Gasteiger partial charge on any atom is 0.311 e. The Morgan fingerprint density at radius 2 is 2.00 bits per heavy atom. The molecule has 0 radical (unpaired) electrons. The molecule has 0 saturated heterocycles. The zero-order valence-electron chi connectivity index (χ0n) is 19.8. The van der Waals surface area contributed by atoms with E-state index in [0.717, 1.165) is 11.0 Å². The first-order chi connectivity index (χ1) is 17.1. The molecule has 12 heteroatoms. The van der Waals surface area contributed by atoms with Gasteiger partial charge in [0.1, 0.15) is 11.6 Å². The summed E-state index contributed by atoms with van der Waals surface area (Å²) in [6.07, 6.45) is 2.15. The molecule has 36 heavy (non-hydrogen) atoms. The summed E-state index contributed by atoms with van der Waals surface area (Å²) in [5.41, 5.74) is -2.25. The first-order valence-corrected chi connectivity index (χ1v) is 11.4. The van der Waals surface area contributed by atoms with Crippen molar-refractivity contribution in [3.8, 4) is 5.75 Å². The number of carbonyl (C=O) groups is 3. The number of rotatable bonds is 4. The van der Waals surface area contributed by atoms with E-state index in [1.54, 1.807) is 0 Å². The van der Waals surface area contributed by atoms with E-state index in [9.17, 15) is 28.7 Å². The Labute approximate surface area is 205 Å². The van der Waals surface area contributed by atoms with Crippen LogP contribution >= 0.6 is 0 Å². The maximum absolute atomic E-state index is 13.6. The smallest absolute Gasteiger partial charge is 0.311 e. The molecule has 0 unspecified atom stereocenters. The fraction of sp³-hybridized carbons (Fsp3) is 0.417. The molecule has 188 valence electrons. The Morgan fingerprint density at radius 1 is 1.31 bits per heavy atom. The van der Waals surface area contributed by atoms with E-state index in [2.05, 4.69) is 20.5 Å². The molecule has 3 amide bonds. The Morgan fingerprint density at radius 3 is 2.64 bits per heavy atom. The van der Waals surface area contributed by atoms with Crippen molar-refractivity contribution in [3.63, 3.8) is 0 Å². The number of benzene rings is 1. The lowest BCUT2D eigenvalue weighted by Gasteiger charge is -2.37. The number of nitrogens with one attached hydrogen (secondary N) is 2. The van der Waals surface area contributed by atoms with Crippen molar-refractivity contribution >= 4 is 23.4 Å². The van der Waals surface area contributed by atoms with Crippen LogP contribution in [0, 0.1) is 18.3 Å². The molecule has 3 N–H and O–H groups in total. The highest BCUT2D eigenvalue weighted by Gasteiger charge is 2.46. The number of aromatic nitrogens is 2. The predicted octanol–water partition coefficient (Wildman–Crippen LogP) is 1.17. The standard InChI is InChI=1S/C24H25FN6O5/c1-26-16-10-14(4-5-15(16)25)11-27-19(33)17-18(32)21(35)31-12-13-6-8-24(9-7-13,23(31)28-17)29-20(34)22(36)30(2)3/h4-5,10,13,32H,6-9,11-12H2,2-3H3,(H,27,33)(H,29,34). The molecular formula is C24H25FN6O5. The van der Waals surface area contributed by atoms with Crippen molar-refractivity contribution in [2.75, 3.05) is 14.1 Å². The summed E-state index contributed by atoms with van der Waals surface area (Å²) in [6.45, 7) is 7.17. The average molecular weight is 496 g/mol. The lowest BCUT2D eigenvalue weighted by molar-refractivity contribution is -0.145. The van der Waals surface area contributed by atoms with Gasteiger partial charge in [-0.3, -0.25) is 23.7 Å². The molecular weight excluding hydrogens is 471 g/mol. The normalized spacial score (nSPS) is 20.0. The monoisotopic (exact) mass is 496 g/mol. The molecule has 2 bridgehead atoms. The third kappa shape index (κ3) is 4.39. The van der Waals surface area contributed by atoms with Crippen LogP contribution in [0.5, 0.6) is 5.75 Å². The van der Waals surface area contributed by atoms with Crippen LogP contribution < -0.4 is 16.2 Å². The fourth-order valence-corrected chi connectivity index (χ4v) is 4.75. The molecule has 2 aliphatic heterocycles. The van der Waals surface area contributed by atoms with Crippen LogP contribution in [-0.2, 0) is 28.2 Å². The van der Waals surface area contributed by atoms with Crippen LogP contribution in [0.15, 0.2) is 23.0 Å². The van der Waals surface area contributed by atoms with E-state index >= 15 is 0 Å². The minimum absolute atomic E-state index is 0.109. The minimum Gasteiger partial charge on any atom is -0.501 e. The lowest BCUT2D eigenvalue weighted by atomic mass is 9.77. The van der Waals surface area contributed by atoms with Gasteiger partial charge in [-0.2, -0.15) is 0 Å². The summed E-state index contributed by atoms with van der Waals surface area (Å²) in [5, 5.41) is 15.8. The van der Waals surface area contributed by atoms with Crippen LogP contribution in [0.2, 0.25) is 0 Å². The number of fused-ring (bicyclic) bond motifs is 2. The minimum atomic E-state index is -1.15. The first-order valence-electron chi connectivity index (χ1n) is 11.4. The van der Waals surface area contributed by atoms with Gasteiger partial charge in [0.2, 0.25) is 11.4 Å². The molecule has 3 heterocycles. The van der Waals surface area contributed by atoms with Crippen molar-refractivity contribution in [2.24, 2.45) is 5.92 Å². The number of aromatic hydroxyl groups is 1. The van der Waals surface area contributed by atoms with Crippen molar-refractivity contribution in [1.29, 1.82) is 0 Å². The van der Waals surface area contributed by atoms with E-state index in [1.807, 2.05) is 0 Å². The molecule has 1 saturated carbocycles. The molecule has 3 aliphatic rings. The average Bonchev–Trinajstić information content (AvgIpc) is 3.10. The number of likely N-dealkylation sites (N-methyl/N-ethyl adjacent to an activating group) is 1. The van der Waals surface area contributed by atoms with E-state index in [4.69, 9.17) is 6.57 Å². The van der Waals surface area contributed by atoms with Gasteiger partial charge in [0, 0.05) is 27.2 Å². The number of nitrogens with zero attached hydrogens (tertiary/aromatic N) is 4. The van der Waals surface area contributed by atoms with Gasteiger partial charge < -0.3 is 20.6 Å². The third-order valence-corrected chi connectivity index (χ3v) is 6.73. The van der Waals surface area contributed by atoms with Crippen molar-refractivity contribution in [1.82, 2.24) is 25.1 Å². The zero-order chi connectivity index (χ0) is 26.2. The summed E-state index contributed by atoms with van der Waals surface area (Å²) in [5.74, 6) is -3.75. The predicted molar refractivity (Wildman–Crippen MR) is 124 cm³/mol. The quantitative estimate of drug-likeness (QED) is 0.429. The van der Waals surface area contributed by atoms with Gasteiger partial charge in [0.15, 0.2) is 5.69 Å². The molecule has 0 atom stereocenters. The third-order valence-electron chi connectivity index (χ3n) is 6.73. The van der Waals surface area contributed by atoms with Gasteiger partial charge in [-0.1, -0.05) is 6.07 Å². The van der Waals surface area contributed by atoms with Crippen molar-refractivity contribution in [2.45, 2.75) is 44.3 Å². The van der Waals surface area contributed by atoms with Crippen LogP contribution in [-0.4, -0.2) is 51.4 Å². The summed E-state index contributed by atoms with van der Waals surface area (Å²) in [4.78, 5) is 59.5. The highest BCUT2D eigenvalue weighted by molar-refractivity contribution is 6.35. The number of hydrogen-bond acceptors (Lipinski definition) is 6. The van der Waals surface area contributed by atoms with E-state index in [-0.39, 0.29) is 30.5 Å². The Kier molecular flexibility index (Phi) is 6.49. The van der Waals surface area contributed by atoms with Crippen LogP contribution in [0.4, 0.5) is 10.1 Å². The summed E-state index contributed by atoms with van der Waals surface area (Å²) < 4.78 is 14.9. The Balaban J connectivity index is 1.69. The highest BCUT2D eigenvalue weighted by atomic mass is 19.1. The van der Waals surface area contributed by atoms with Crippen molar-refractivity contribution in [3.05, 3.63) is 62.9 Å². The Hall–Kier alpha value is -4.27.